The third kappa shape index (κ3) is 5.66. The molecule has 1 N–H and O–H groups in total. The maximum absolute atomic E-state index is 12.4. The van der Waals surface area contributed by atoms with Crippen molar-refractivity contribution in [3.05, 3.63) is 59.2 Å². The first-order chi connectivity index (χ1) is 13.1. The lowest BCUT2D eigenvalue weighted by atomic mass is 10.1. The zero-order chi connectivity index (χ0) is 19.6. The third-order valence-corrected chi connectivity index (χ3v) is 3.56. The van der Waals surface area contributed by atoms with Crippen molar-refractivity contribution < 1.29 is 14.3 Å². The number of hydrogen-bond acceptors (Lipinski definition) is 4. The van der Waals surface area contributed by atoms with Crippen LogP contribution in [0.25, 0.3) is 6.08 Å². The number of ether oxygens (including phenoxy) is 2. The Morgan fingerprint density at radius 2 is 1.93 bits per heavy atom. The van der Waals surface area contributed by atoms with Gasteiger partial charge in [0, 0.05) is 5.69 Å². The first kappa shape index (κ1) is 19.6. The zero-order valence-corrected chi connectivity index (χ0v) is 15.3. The Morgan fingerprint density at radius 3 is 2.56 bits per heavy atom. The maximum atomic E-state index is 12.4. The summed E-state index contributed by atoms with van der Waals surface area (Å²) in [6.45, 7) is 4.37. The van der Waals surface area contributed by atoms with Crippen molar-refractivity contribution in [3.63, 3.8) is 0 Å². The summed E-state index contributed by atoms with van der Waals surface area (Å²) < 4.78 is 11.0. The van der Waals surface area contributed by atoms with Gasteiger partial charge in [-0.1, -0.05) is 29.7 Å². The molecule has 2 aromatic rings. The molecular formula is C22H20N2O3. The Bertz CT molecular complexity index is 916. The predicted octanol–water partition coefficient (Wildman–Crippen LogP) is 3.95. The molecule has 27 heavy (non-hydrogen) atoms. The minimum atomic E-state index is -0.480. The summed E-state index contributed by atoms with van der Waals surface area (Å²) in [6, 6.07) is 14.4. The number of benzene rings is 2. The van der Waals surface area contributed by atoms with Crippen molar-refractivity contribution in [3.8, 4) is 29.9 Å². The molecule has 0 fully saturated rings. The van der Waals surface area contributed by atoms with Crippen LogP contribution >= 0.6 is 0 Å². The molecule has 0 heterocycles. The number of terminal acetylenes is 1. The van der Waals surface area contributed by atoms with E-state index < -0.39 is 5.91 Å². The molecule has 2 rings (SSSR count). The Labute approximate surface area is 159 Å². The molecule has 0 aromatic heterocycles. The monoisotopic (exact) mass is 360 g/mol. The van der Waals surface area contributed by atoms with Gasteiger partial charge in [-0.05, 0) is 49.8 Å². The summed E-state index contributed by atoms with van der Waals surface area (Å²) >= 11 is 0. The first-order valence-electron chi connectivity index (χ1n) is 8.40. The van der Waals surface area contributed by atoms with Crippen molar-refractivity contribution in [1.82, 2.24) is 0 Å². The van der Waals surface area contributed by atoms with Crippen LogP contribution in [0.1, 0.15) is 18.1 Å². The highest BCUT2D eigenvalue weighted by Gasteiger charge is 2.11. The van der Waals surface area contributed by atoms with E-state index in [4.69, 9.17) is 15.9 Å². The number of amides is 1. The van der Waals surface area contributed by atoms with Crippen LogP contribution in [0.4, 0.5) is 5.69 Å². The number of hydrogen-bond donors (Lipinski definition) is 1. The van der Waals surface area contributed by atoms with Crippen molar-refractivity contribution in [2.24, 2.45) is 0 Å². The maximum Gasteiger partial charge on any atom is 0.266 e. The van der Waals surface area contributed by atoms with Gasteiger partial charge in [0.2, 0.25) is 0 Å². The fraction of sp³-hybridized carbons (Fsp3) is 0.182. The largest absolute Gasteiger partial charge is 0.490 e. The van der Waals surface area contributed by atoms with E-state index >= 15 is 0 Å². The van der Waals surface area contributed by atoms with E-state index in [2.05, 4.69) is 11.2 Å². The number of nitriles is 1. The highest BCUT2D eigenvalue weighted by Crippen LogP contribution is 2.29. The van der Waals surface area contributed by atoms with E-state index in [1.165, 1.54) is 6.08 Å². The topological polar surface area (TPSA) is 71.3 Å². The van der Waals surface area contributed by atoms with Crippen LogP contribution in [-0.4, -0.2) is 19.1 Å². The summed E-state index contributed by atoms with van der Waals surface area (Å²) in [6.07, 6.45) is 6.71. The quantitative estimate of drug-likeness (QED) is 0.461. The Balaban J connectivity index is 2.24. The molecule has 2 aromatic carbocycles. The predicted molar refractivity (Wildman–Crippen MR) is 105 cm³/mol. The number of carbonyl (C=O) groups excluding carboxylic acids is 1. The van der Waals surface area contributed by atoms with Gasteiger partial charge in [0.25, 0.3) is 5.91 Å². The van der Waals surface area contributed by atoms with Gasteiger partial charge in [0.15, 0.2) is 11.5 Å². The van der Waals surface area contributed by atoms with Crippen LogP contribution in [0, 0.1) is 30.6 Å². The van der Waals surface area contributed by atoms with E-state index in [-0.39, 0.29) is 12.2 Å². The van der Waals surface area contributed by atoms with Gasteiger partial charge in [0.1, 0.15) is 18.2 Å². The number of nitrogens with one attached hydrogen (secondary N) is 1. The second-order valence-electron chi connectivity index (χ2n) is 5.62. The van der Waals surface area contributed by atoms with Crippen molar-refractivity contribution >= 4 is 17.7 Å². The second kappa shape index (κ2) is 9.70. The van der Waals surface area contributed by atoms with Gasteiger partial charge in [-0.15, -0.1) is 6.42 Å². The molecule has 136 valence electrons. The number of carbonyl (C=O) groups is 1. The van der Waals surface area contributed by atoms with Crippen LogP contribution in [0.2, 0.25) is 0 Å². The van der Waals surface area contributed by atoms with E-state index in [1.54, 1.807) is 30.3 Å². The molecule has 0 aliphatic rings. The highest BCUT2D eigenvalue weighted by molar-refractivity contribution is 6.09. The van der Waals surface area contributed by atoms with E-state index in [9.17, 15) is 10.1 Å². The molecule has 0 spiro atoms. The zero-order valence-electron chi connectivity index (χ0n) is 15.3. The van der Waals surface area contributed by atoms with Crippen molar-refractivity contribution in [2.75, 3.05) is 18.5 Å². The van der Waals surface area contributed by atoms with Crippen LogP contribution in [0.15, 0.2) is 48.0 Å². The van der Waals surface area contributed by atoms with Gasteiger partial charge < -0.3 is 14.8 Å². The molecule has 0 saturated carbocycles. The fourth-order valence-electron chi connectivity index (χ4n) is 2.27. The molecule has 0 bridgehead atoms. The van der Waals surface area contributed by atoms with Crippen LogP contribution in [0.5, 0.6) is 11.5 Å². The lowest BCUT2D eigenvalue weighted by Gasteiger charge is -2.11. The molecule has 0 unspecified atom stereocenters. The standard InChI is InChI=1S/C22H20N2O3/c1-4-12-27-20-11-8-17(14-21(20)26-5-2)13-18(15-23)22(25)24-19-9-6-16(3)7-10-19/h1,6-11,13-14H,5,12H2,2-3H3,(H,24,25)/b18-13+. The normalized spacial score (nSPS) is 10.4. The number of nitrogens with zero attached hydrogens (tertiary/aromatic N) is 1. The average molecular weight is 360 g/mol. The SMILES string of the molecule is C#CCOc1ccc(/C=C(\C#N)C(=O)Nc2ccc(C)cc2)cc1OCC. The highest BCUT2D eigenvalue weighted by atomic mass is 16.5. The van der Waals surface area contributed by atoms with Gasteiger partial charge in [0.05, 0.1) is 6.61 Å². The van der Waals surface area contributed by atoms with Crippen LogP contribution in [-0.2, 0) is 4.79 Å². The summed E-state index contributed by atoms with van der Waals surface area (Å²) in [5.41, 5.74) is 2.33. The minimum Gasteiger partial charge on any atom is -0.490 e. The number of rotatable bonds is 7. The molecule has 5 nitrogen and oxygen atoms in total. The van der Waals surface area contributed by atoms with Crippen LogP contribution in [0.3, 0.4) is 0 Å². The minimum absolute atomic E-state index is 0.0182. The molecule has 0 aliphatic heterocycles. The number of anilines is 1. The van der Waals surface area contributed by atoms with Gasteiger partial charge in [-0.3, -0.25) is 4.79 Å². The fourth-order valence-corrected chi connectivity index (χ4v) is 2.27. The molecule has 5 heteroatoms. The molecule has 1 amide bonds. The van der Waals surface area contributed by atoms with Crippen molar-refractivity contribution in [2.45, 2.75) is 13.8 Å². The Morgan fingerprint density at radius 1 is 1.19 bits per heavy atom. The average Bonchev–Trinajstić information content (AvgIpc) is 2.67. The lowest BCUT2D eigenvalue weighted by Crippen LogP contribution is -2.13. The van der Waals surface area contributed by atoms with Gasteiger partial charge in [-0.2, -0.15) is 5.26 Å². The first-order valence-corrected chi connectivity index (χ1v) is 8.40. The molecular weight excluding hydrogens is 340 g/mol. The number of aryl methyl sites for hydroxylation is 1. The van der Waals surface area contributed by atoms with E-state index in [1.807, 2.05) is 32.0 Å². The summed E-state index contributed by atoms with van der Waals surface area (Å²) in [7, 11) is 0. The molecule has 0 aliphatic carbocycles. The van der Waals surface area contributed by atoms with Crippen molar-refractivity contribution in [1.29, 1.82) is 5.26 Å². The summed E-state index contributed by atoms with van der Waals surface area (Å²) in [5.74, 6) is 2.92. The van der Waals surface area contributed by atoms with Gasteiger partial charge >= 0.3 is 0 Å². The second-order valence-corrected chi connectivity index (χ2v) is 5.62. The molecule has 0 atom stereocenters. The van der Waals surface area contributed by atoms with E-state index in [0.717, 1.165) is 5.56 Å². The Kier molecular flexibility index (Phi) is 7.05. The van der Waals surface area contributed by atoms with Gasteiger partial charge in [-0.25, -0.2) is 0 Å². The van der Waals surface area contributed by atoms with E-state index in [0.29, 0.717) is 29.4 Å². The molecule has 0 radical (unpaired) electrons. The summed E-state index contributed by atoms with van der Waals surface area (Å²) in [4.78, 5) is 12.4. The third-order valence-electron chi connectivity index (χ3n) is 3.56. The van der Waals surface area contributed by atoms with Crippen LogP contribution < -0.4 is 14.8 Å². The lowest BCUT2D eigenvalue weighted by molar-refractivity contribution is -0.112. The Hall–Kier alpha value is -3.70. The smallest absolute Gasteiger partial charge is 0.266 e. The molecule has 0 saturated heterocycles. The summed E-state index contributed by atoms with van der Waals surface area (Å²) in [5, 5.41) is 12.1.